The summed E-state index contributed by atoms with van der Waals surface area (Å²) in [4.78, 5) is 0. The van der Waals surface area contributed by atoms with Crippen molar-refractivity contribution in [2.24, 2.45) is 5.10 Å². The molecule has 6 nitrogen and oxygen atoms in total. The SMILES string of the molecule is COc1ccc(Br)cc1/C=N/n1c(-c2ccco2)n[nH]c1=S. The fourth-order valence-corrected chi connectivity index (χ4v) is 2.45. The van der Waals surface area contributed by atoms with Gasteiger partial charge in [-0.05, 0) is 42.5 Å². The number of halogens is 1. The third-order valence-electron chi connectivity index (χ3n) is 2.90. The van der Waals surface area contributed by atoms with Gasteiger partial charge < -0.3 is 9.15 Å². The number of rotatable bonds is 4. The van der Waals surface area contributed by atoms with Gasteiger partial charge in [0.05, 0.1) is 19.6 Å². The molecule has 0 spiro atoms. The second kappa shape index (κ2) is 6.29. The van der Waals surface area contributed by atoms with Crippen LogP contribution in [-0.4, -0.2) is 28.2 Å². The zero-order chi connectivity index (χ0) is 15.5. The van der Waals surface area contributed by atoms with Crippen molar-refractivity contribution in [1.82, 2.24) is 14.9 Å². The molecule has 3 aromatic rings. The molecule has 1 N–H and O–H groups in total. The maximum atomic E-state index is 5.33. The van der Waals surface area contributed by atoms with Gasteiger partial charge in [-0.3, -0.25) is 0 Å². The summed E-state index contributed by atoms with van der Waals surface area (Å²) in [6.07, 6.45) is 3.22. The summed E-state index contributed by atoms with van der Waals surface area (Å²) in [6, 6.07) is 9.22. The van der Waals surface area contributed by atoms with E-state index in [4.69, 9.17) is 21.4 Å². The summed E-state index contributed by atoms with van der Waals surface area (Å²) in [6.45, 7) is 0. The van der Waals surface area contributed by atoms with E-state index < -0.39 is 0 Å². The highest BCUT2D eigenvalue weighted by Crippen LogP contribution is 2.22. The van der Waals surface area contributed by atoms with E-state index in [1.54, 1.807) is 31.7 Å². The number of hydrogen-bond acceptors (Lipinski definition) is 5. The van der Waals surface area contributed by atoms with Gasteiger partial charge in [0.15, 0.2) is 5.76 Å². The van der Waals surface area contributed by atoms with Crippen molar-refractivity contribution < 1.29 is 9.15 Å². The number of benzene rings is 1. The number of H-pyrrole nitrogens is 1. The Bertz CT molecular complexity index is 867. The van der Waals surface area contributed by atoms with Crippen molar-refractivity contribution in [2.45, 2.75) is 0 Å². The molecule has 22 heavy (non-hydrogen) atoms. The van der Waals surface area contributed by atoms with Gasteiger partial charge >= 0.3 is 0 Å². The lowest BCUT2D eigenvalue weighted by Gasteiger charge is -2.04. The number of nitrogens with one attached hydrogen (secondary N) is 1. The van der Waals surface area contributed by atoms with Crippen LogP contribution < -0.4 is 4.74 Å². The van der Waals surface area contributed by atoms with E-state index in [1.165, 1.54) is 4.68 Å². The van der Waals surface area contributed by atoms with Crippen LogP contribution in [0.15, 0.2) is 50.6 Å². The Labute approximate surface area is 139 Å². The molecule has 2 heterocycles. The van der Waals surface area contributed by atoms with Gasteiger partial charge in [-0.1, -0.05) is 15.9 Å². The molecule has 0 atom stereocenters. The quantitative estimate of drug-likeness (QED) is 0.552. The van der Waals surface area contributed by atoms with Gasteiger partial charge in [0, 0.05) is 10.0 Å². The molecule has 8 heteroatoms. The molecule has 3 rings (SSSR count). The Morgan fingerprint density at radius 3 is 3.05 bits per heavy atom. The van der Waals surface area contributed by atoms with E-state index in [2.05, 4.69) is 31.2 Å². The van der Waals surface area contributed by atoms with Gasteiger partial charge in [0.25, 0.3) is 0 Å². The largest absolute Gasteiger partial charge is 0.496 e. The number of ether oxygens (including phenoxy) is 1. The van der Waals surface area contributed by atoms with Crippen molar-refractivity contribution in [3.63, 3.8) is 0 Å². The van der Waals surface area contributed by atoms with Crippen molar-refractivity contribution in [2.75, 3.05) is 7.11 Å². The number of aromatic amines is 1. The van der Waals surface area contributed by atoms with Crippen LogP contribution in [0, 0.1) is 4.77 Å². The standard InChI is InChI=1S/C14H11BrN4O2S/c1-20-11-5-4-10(15)7-9(11)8-16-19-13(17-18-14(19)22)12-3-2-6-21-12/h2-8H,1H3,(H,18,22)/b16-8+. The molecule has 1 aromatic carbocycles. The Morgan fingerprint density at radius 2 is 2.32 bits per heavy atom. The molecule has 0 unspecified atom stereocenters. The van der Waals surface area contributed by atoms with E-state index in [1.807, 2.05) is 18.2 Å². The lowest BCUT2D eigenvalue weighted by atomic mass is 10.2. The minimum Gasteiger partial charge on any atom is -0.496 e. The molecule has 2 aromatic heterocycles. The number of nitrogens with zero attached hydrogens (tertiary/aromatic N) is 3. The first kappa shape index (κ1) is 14.7. The molecular formula is C14H11BrN4O2S. The Balaban J connectivity index is 2.02. The molecule has 112 valence electrons. The lowest BCUT2D eigenvalue weighted by Crippen LogP contribution is -1.96. The van der Waals surface area contributed by atoms with Crippen LogP contribution >= 0.6 is 28.1 Å². The number of aromatic nitrogens is 3. The second-order valence-corrected chi connectivity index (χ2v) is 5.57. The Morgan fingerprint density at radius 1 is 1.45 bits per heavy atom. The molecule has 0 aliphatic heterocycles. The summed E-state index contributed by atoms with van der Waals surface area (Å²) in [5.41, 5.74) is 0.811. The summed E-state index contributed by atoms with van der Waals surface area (Å²) in [7, 11) is 1.61. The third kappa shape index (κ3) is 2.88. The molecular weight excluding hydrogens is 368 g/mol. The summed E-state index contributed by atoms with van der Waals surface area (Å²) in [5.74, 6) is 1.78. The van der Waals surface area contributed by atoms with Gasteiger partial charge in [-0.15, -0.1) is 5.10 Å². The highest BCUT2D eigenvalue weighted by molar-refractivity contribution is 9.10. The average Bonchev–Trinajstić information content (AvgIpc) is 3.15. The smallest absolute Gasteiger partial charge is 0.219 e. The monoisotopic (exact) mass is 378 g/mol. The predicted molar refractivity (Wildman–Crippen MR) is 88.8 cm³/mol. The van der Waals surface area contributed by atoms with E-state index in [0.29, 0.717) is 22.1 Å². The first-order chi connectivity index (χ1) is 10.7. The predicted octanol–water partition coefficient (Wildman–Crippen LogP) is 3.85. The Kier molecular flexibility index (Phi) is 4.21. The van der Waals surface area contributed by atoms with Crippen LogP contribution in [0.25, 0.3) is 11.6 Å². The van der Waals surface area contributed by atoms with Crippen molar-refractivity contribution >= 4 is 34.4 Å². The van der Waals surface area contributed by atoms with E-state index in [9.17, 15) is 0 Å². The maximum absolute atomic E-state index is 5.33. The van der Waals surface area contributed by atoms with Crippen molar-refractivity contribution in [3.05, 3.63) is 51.4 Å². The number of furan rings is 1. The molecule has 0 aliphatic rings. The second-order valence-electron chi connectivity index (χ2n) is 4.27. The fraction of sp³-hybridized carbons (Fsp3) is 0.0714. The molecule has 0 fully saturated rings. The van der Waals surface area contributed by atoms with Gasteiger partial charge in [-0.2, -0.15) is 9.78 Å². The molecule has 0 saturated heterocycles. The molecule has 0 aliphatic carbocycles. The zero-order valence-electron chi connectivity index (χ0n) is 11.5. The van der Waals surface area contributed by atoms with Crippen LogP contribution in [0.1, 0.15) is 5.56 Å². The van der Waals surface area contributed by atoms with Crippen LogP contribution in [0.2, 0.25) is 0 Å². The summed E-state index contributed by atoms with van der Waals surface area (Å²) in [5, 5.41) is 11.2. The lowest BCUT2D eigenvalue weighted by molar-refractivity contribution is 0.414. The molecule has 0 bridgehead atoms. The number of hydrogen-bond donors (Lipinski definition) is 1. The summed E-state index contributed by atoms with van der Waals surface area (Å²) >= 11 is 8.62. The highest BCUT2D eigenvalue weighted by Gasteiger charge is 2.10. The summed E-state index contributed by atoms with van der Waals surface area (Å²) < 4.78 is 13.4. The highest BCUT2D eigenvalue weighted by atomic mass is 79.9. The van der Waals surface area contributed by atoms with E-state index >= 15 is 0 Å². The molecule has 0 saturated carbocycles. The fourth-order valence-electron chi connectivity index (χ4n) is 1.89. The van der Waals surface area contributed by atoms with Crippen molar-refractivity contribution in [1.29, 1.82) is 0 Å². The average molecular weight is 379 g/mol. The van der Waals surface area contributed by atoms with Gasteiger partial charge in [0.2, 0.25) is 10.6 Å². The normalized spacial score (nSPS) is 11.2. The molecule has 0 amide bonds. The Hall–Kier alpha value is -2.19. The topological polar surface area (TPSA) is 68.3 Å². The van der Waals surface area contributed by atoms with E-state index in [0.717, 1.165) is 10.0 Å². The first-order valence-corrected chi connectivity index (χ1v) is 7.48. The first-order valence-electron chi connectivity index (χ1n) is 6.28. The van der Waals surface area contributed by atoms with Gasteiger partial charge in [0.1, 0.15) is 5.75 Å². The minimum absolute atomic E-state index is 0.372. The zero-order valence-corrected chi connectivity index (χ0v) is 13.9. The van der Waals surface area contributed by atoms with Crippen LogP contribution in [0.4, 0.5) is 0 Å². The van der Waals surface area contributed by atoms with E-state index in [-0.39, 0.29) is 0 Å². The number of methoxy groups -OCH3 is 1. The van der Waals surface area contributed by atoms with Crippen molar-refractivity contribution in [3.8, 4) is 17.3 Å². The van der Waals surface area contributed by atoms with Gasteiger partial charge in [-0.25, -0.2) is 5.10 Å². The molecule has 0 radical (unpaired) electrons. The minimum atomic E-state index is 0.372. The van der Waals surface area contributed by atoms with Crippen LogP contribution in [0.3, 0.4) is 0 Å². The van der Waals surface area contributed by atoms with Crippen LogP contribution in [-0.2, 0) is 0 Å². The van der Waals surface area contributed by atoms with Crippen LogP contribution in [0.5, 0.6) is 5.75 Å². The third-order valence-corrected chi connectivity index (χ3v) is 3.65. The maximum Gasteiger partial charge on any atom is 0.219 e.